The van der Waals surface area contributed by atoms with Crippen LogP contribution in [0.2, 0.25) is 5.02 Å². The van der Waals surface area contributed by atoms with Crippen molar-refractivity contribution in [1.29, 1.82) is 0 Å². The van der Waals surface area contributed by atoms with E-state index in [1.807, 2.05) is 16.8 Å². The number of nitrogens with zero attached hydrogens (tertiary/aromatic N) is 3. The average molecular weight is 522 g/mol. The lowest BCUT2D eigenvalue weighted by Crippen LogP contribution is -2.45. The number of carbonyl (C=O) groups excluding carboxylic acids is 1. The fourth-order valence-corrected chi connectivity index (χ4v) is 5.08. The Labute approximate surface area is 209 Å². The molecule has 0 bridgehead atoms. The van der Waals surface area contributed by atoms with E-state index in [0.717, 1.165) is 10.9 Å². The van der Waals surface area contributed by atoms with Crippen LogP contribution in [0, 0.1) is 0 Å². The topological polar surface area (TPSA) is 81.5 Å². The summed E-state index contributed by atoms with van der Waals surface area (Å²) >= 11 is 6.51. The molecule has 1 saturated heterocycles. The van der Waals surface area contributed by atoms with Gasteiger partial charge in [0.15, 0.2) is 9.84 Å². The summed E-state index contributed by atoms with van der Waals surface area (Å²) in [4.78, 5) is 18.5. The lowest BCUT2D eigenvalue weighted by atomic mass is 9.87. The van der Waals surface area contributed by atoms with E-state index in [9.17, 15) is 13.2 Å². The normalized spacial score (nSPS) is 16.5. The van der Waals surface area contributed by atoms with E-state index >= 15 is 4.39 Å². The molecule has 4 rings (SSSR count). The van der Waals surface area contributed by atoms with E-state index in [-0.39, 0.29) is 30.8 Å². The highest BCUT2D eigenvalue weighted by atomic mass is 35.5. The SMILES string of the molecule is CC(C)(C)OC(=O)N1CCC(F)(c2cnc(Cn3ccc4cc(S(C)(=O)=O)ccc43)c(Cl)c2)CC1. The number of likely N-dealkylation sites (tertiary alicyclic amines) is 1. The second-order valence-corrected chi connectivity index (χ2v) is 12.4. The summed E-state index contributed by atoms with van der Waals surface area (Å²) in [6.45, 7) is 6.24. The van der Waals surface area contributed by atoms with Gasteiger partial charge in [0.05, 0.1) is 22.2 Å². The van der Waals surface area contributed by atoms with E-state index in [1.54, 1.807) is 45.0 Å². The number of piperidine rings is 1. The van der Waals surface area contributed by atoms with Gasteiger partial charge in [-0.25, -0.2) is 17.6 Å². The van der Waals surface area contributed by atoms with Gasteiger partial charge in [-0.3, -0.25) is 4.98 Å². The standard InChI is InChI=1S/C25H29ClFN3O4S/c1-24(2,3)34-23(31)29-11-8-25(27,9-12-29)18-14-20(26)21(28-15-18)16-30-10-7-17-13-19(35(4,32)33)5-6-22(17)30/h5-7,10,13-15H,8-9,11-12,16H2,1-4H3. The molecule has 3 aromatic rings. The Balaban J connectivity index is 1.48. The van der Waals surface area contributed by atoms with Crippen molar-refractivity contribution >= 4 is 38.4 Å². The van der Waals surface area contributed by atoms with E-state index in [2.05, 4.69) is 4.98 Å². The number of carbonyl (C=O) groups is 1. The van der Waals surface area contributed by atoms with Crippen molar-refractivity contribution in [2.24, 2.45) is 0 Å². The Kier molecular flexibility index (Phi) is 6.61. The predicted octanol–water partition coefficient (Wildman–Crippen LogP) is 5.34. The number of hydrogen-bond acceptors (Lipinski definition) is 5. The molecule has 3 heterocycles. The maximum absolute atomic E-state index is 15.8. The molecule has 0 atom stereocenters. The van der Waals surface area contributed by atoms with Crippen molar-refractivity contribution in [2.45, 2.75) is 56.3 Å². The first-order chi connectivity index (χ1) is 16.2. The van der Waals surface area contributed by atoms with Crippen LogP contribution in [0.4, 0.5) is 9.18 Å². The Morgan fingerprint density at radius 1 is 1.20 bits per heavy atom. The highest BCUT2D eigenvalue weighted by Gasteiger charge is 2.39. The van der Waals surface area contributed by atoms with E-state index in [0.29, 0.717) is 22.8 Å². The number of amides is 1. The second kappa shape index (κ2) is 9.09. The van der Waals surface area contributed by atoms with Gasteiger partial charge in [-0.2, -0.15) is 0 Å². The molecule has 0 N–H and O–H groups in total. The molecule has 1 fully saturated rings. The highest BCUT2D eigenvalue weighted by molar-refractivity contribution is 7.90. The van der Waals surface area contributed by atoms with Crippen molar-refractivity contribution in [3.63, 3.8) is 0 Å². The van der Waals surface area contributed by atoms with Gasteiger partial charge in [0.1, 0.15) is 11.3 Å². The summed E-state index contributed by atoms with van der Waals surface area (Å²) in [5.74, 6) is 0. The number of benzene rings is 1. The molecule has 188 valence electrons. The van der Waals surface area contributed by atoms with Crippen LogP contribution in [-0.4, -0.2) is 53.9 Å². The number of fused-ring (bicyclic) bond motifs is 1. The zero-order valence-corrected chi connectivity index (χ0v) is 21.8. The minimum Gasteiger partial charge on any atom is -0.444 e. The first kappa shape index (κ1) is 25.4. The smallest absolute Gasteiger partial charge is 0.410 e. The summed E-state index contributed by atoms with van der Waals surface area (Å²) in [6.07, 6.45) is 4.36. The minimum absolute atomic E-state index is 0.133. The van der Waals surface area contributed by atoms with Crippen molar-refractivity contribution in [3.8, 4) is 0 Å². The number of rotatable bonds is 4. The number of hydrogen-bond donors (Lipinski definition) is 0. The third-order valence-electron chi connectivity index (χ3n) is 6.13. The second-order valence-electron chi connectivity index (χ2n) is 10.0. The Bertz CT molecular complexity index is 1370. The van der Waals surface area contributed by atoms with Gasteiger partial charge in [-0.05, 0) is 51.1 Å². The molecule has 0 aliphatic carbocycles. The molecule has 1 aromatic carbocycles. The molecule has 1 amide bonds. The molecule has 7 nitrogen and oxygen atoms in total. The molecule has 1 aliphatic heterocycles. The van der Waals surface area contributed by atoms with E-state index in [4.69, 9.17) is 16.3 Å². The first-order valence-corrected chi connectivity index (χ1v) is 13.6. The zero-order chi connectivity index (χ0) is 25.6. The molecular weight excluding hydrogens is 493 g/mol. The van der Waals surface area contributed by atoms with Crippen LogP contribution in [-0.2, 0) is 26.8 Å². The van der Waals surface area contributed by atoms with Crippen LogP contribution in [0.15, 0.2) is 47.6 Å². The monoisotopic (exact) mass is 521 g/mol. The average Bonchev–Trinajstić information content (AvgIpc) is 3.16. The Hall–Kier alpha value is -2.65. The zero-order valence-electron chi connectivity index (χ0n) is 20.2. The van der Waals surface area contributed by atoms with Crippen LogP contribution in [0.3, 0.4) is 0 Å². The quantitative estimate of drug-likeness (QED) is 0.463. The van der Waals surface area contributed by atoms with E-state index in [1.165, 1.54) is 17.4 Å². The number of ether oxygens (including phenoxy) is 1. The maximum Gasteiger partial charge on any atom is 0.410 e. The summed E-state index contributed by atoms with van der Waals surface area (Å²) in [6, 6.07) is 8.41. The number of sulfone groups is 1. The van der Waals surface area contributed by atoms with Crippen LogP contribution in [0.25, 0.3) is 10.9 Å². The molecule has 0 spiro atoms. The van der Waals surface area contributed by atoms with Gasteiger partial charge in [-0.15, -0.1) is 0 Å². The third-order valence-corrected chi connectivity index (χ3v) is 7.57. The van der Waals surface area contributed by atoms with Gasteiger partial charge < -0.3 is 14.2 Å². The fourth-order valence-electron chi connectivity index (χ4n) is 4.19. The van der Waals surface area contributed by atoms with Gasteiger partial charge >= 0.3 is 6.09 Å². The molecule has 0 unspecified atom stereocenters. The number of halogens is 2. The summed E-state index contributed by atoms with van der Waals surface area (Å²) in [5, 5.41) is 1.14. The van der Waals surface area contributed by atoms with Crippen molar-refractivity contribution < 1.29 is 22.3 Å². The molecule has 10 heteroatoms. The first-order valence-electron chi connectivity index (χ1n) is 11.4. The maximum atomic E-state index is 15.8. The number of alkyl halides is 1. The third kappa shape index (κ3) is 5.62. The molecule has 35 heavy (non-hydrogen) atoms. The minimum atomic E-state index is -3.30. The molecule has 0 radical (unpaired) electrons. The van der Waals surface area contributed by atoms with Crippen LogP contribution < -0.4 is 0 Å². The molecule has 1 aliphatic rings. The summed E-state index contributed by atoms with van der Waals surface area (Å²) in [7, 11) is -3.30. The van der Waals surface area contributed by atoms with Crippen molar-refractivity contribution in [1.82, 2.24) is 14.5 Å². The van der Waals surface area contributed by atoms with Gasteiger partial charge in [0.25, 0.3) is 0 Å². The lowest BCUT2D eigenvalue weighted by Gasteiger charge is -2.37. The van der Waals surface area contributed by atoms with Crippen LogP contribution >= 0.6 is 11.6 Å². The lowest BCUT2D eigenvalue weighted by molar-refractivity contribution is 0.00213. The number of aromatic nitrogens is 2. The number of pyridine rings is 1. The fraction of sp³-hybridized carbons (Fsp3) is 0.440. The van der Waals surface area contributed by atoms with Gasteiger partial charge in [0.2, 0.25) is 0 Å². The largest absolute Gasteiger partial charge is 0.444 e. The molecular formula is C25H29ClFN3O4S. The van der Waals surface area contributed by atoms with Gasteiger partial charge in [-0.1, -0.05) is 11.6 Å². The Morgan fingerprint density at radius 2 is 1.89 bits per heavy atom. The van der Waals surface area contributed by atoms with Gasteiger partial charge in [0, 0.05) is 61.0 Å². The van der Waals surface area contributed by atoms with Crippen LogP contribution in [0.1, 0.15) is 44.9 Å². The van der Waals surface area contributed by atoms with Crippen LogP contribution in [0.5, 0.6) is 0 Å². The highest BCUT2D eigenvalue weighted by Crippen LogP contribution is 2.38. The van der Waals surface area contributed by atoms with Crippen molar-refractivity contribution in [3.05, 3.63) is 59.0 Å². The molecule has 0 saturated carbocycles. The predicted molar refractivity (Wildman–Crippen MR) is 133 cm³/mol. The summed E-state index contributed by atoms with van der Waals surface area (Å²) < 4.78 is 46.7. The Morgan fingerprint density at radius 3 is 2.49 bits per heavy atom. The molecule has 2 aromatic heterocycles. The van der Waals surface area contributed by atoms with Crippen molar-refractivity contribution in [2.75, 3.05) is 19.3 Å². The van der Waals surface area contributed by atoms with E-state index < -0.39 is 27.2 Å². The summed E-state index contributed by atoms with van der Waals surface area (Å²) in [5.41, 5.74) is -0.415.